The zero-order valence-corrected chi connectivity index (χ0v) is 14.2. The molecule has 0 radical (unpaired) electrons. The molecule has 0 aromatic heterocycles. The zero-order chi connectivity index (χ0) is 19.2. The lowest BCUT2D eigenvalue weighted by Crippen LogP contribution is -2.33. The molecule has 0 bridgehead atoms. The van der Waals surface area contributed by atoms with E-state index in [0.29, 0.717) is 13.1 Å². The van der Waals surface area contributed by atoms with E-state index in [0.717, 1.165) is 17.7 Å². The molecule has 0 fully saturated rings. The van der Waals surface area contributed by atoms with Crippen LogP contribution in [0.1, 0.15) is 24.5 Å². The Kier molecular flexibility index (Phi) is 6.38. The SMILES string of the molecule is CCN(Cc1ccccc1)C(=O)CC(=O)Nc1ccccc1C(F)(F)F. The molecule has 0 saturated heterocycles. The largest absolute Gasteiger partial charge is 0.418 e. The Morgan fingerprint density at radius 2 is 1.62 bits per heavy atom. The highest BCUT2D eigenvalue weighted by Crippen LogP contribution is 2.34. The van der Waals surface area contributed by atoms with Gasteiger partial charge in [0.15, 0.2) is 0 Å². The number of carbonyl (C=O) groups is 2. The fraction of sp³-hybridized carbons (Fsp3) is 0.263. The van der Waals surface area contributed by atoms with Crippen LogP contribution >= 0.6 is 0 Å². The van der Waals surface area contributed by atoms with Crippen molar-refractivity contribution in [2.24, 2.45) is 0 Å². The number of hydrogen-bond donors (Lipinski definition) is 1. The van der Waals surface area contributed by atoms with Crippen molar-refractivity contribution in [2.75, 3.05) is 11.9 Å². The van der Waals surface area contributed by atoms with Crippen molar-refractivity contribution in [3.8, 4) is 0 Å². The Balaban J connectivity index is 2.02. The van der Waals surface area contributed by atoms with Crippen LogP contribution in [0.25, 0.3) is 0 Å². The number of hydrogen-bond acceptors (Lipinski definition) is 2. The molecule has 0 unspecified atom stereocenters. The van der Waals surface area contributed by atoms with Gasteiger partial charge in [-0.3, -0.25) is 9.59 Å². The molecule has 4 nitrogen and oxygen atoms in total. The third-order valence-corrected chi connectivity index (χ3v) is 3.77. The number of halogens is 3. The molecule has 0 atom stereocenters. The van der Waals surface area contributed by atoms with Crippen LogP contribution in [0, 0.1) is 0 Å². The third kappa shape index (κ3) is 5.34. The van der Waals surface area contributed by atoms with Gasteiger partial charge in [0.1, 0.15) is 6.42 Å². The van der Waals surface area contributed by atoms with Crippen LogP contribution in [-0.2, 0) is 22.3 Å². The number of nitrogens with zero attached hydrogens (tertiary/aromatic N) is 1. The summed E-state index contributed by atoms with van der Waals surface area (Å²) in [4.78, 5) is 25.8. The lowest BCUT2D eigenvalue weighted by molar-refractivity contribution is -0.137. The Bertz CT molecular complexity index is 761. The molecule has 0 heterocycles. The predicted octanol–water partition coefficient (Wildman–Crippen LogP) is 4.08. The van der Waals surface area contributed by atoms with E-state index in [9.17, 15) is 22.8 Å². The van der Waals surface area contributed by atoms with E-state index in [1.807, 2.05) is 30.3 Å². The summed E-state index contributed by atoms with van der Waals surface area (Å²) in [5.74, 6) is -1.23. The fourth-order valence-corrected chi connectivity index (χ4v) is 2.46. The van der Waals surface area contributed by atoms with Crippen molar-refractivity contribution in [1.82, 2.24) is 4.90 Å². The second kappa shape index (κ2) is 8.51. The minimum Gasteiger partial charge on any atom is -0.338 e. The number of carbonyl (C=O) groups excluding carboxylic acids is 2. The van der Waals surface area contributed by atoms with Crippen LogP contribution in [-0.4, -0.2) is 23.3 Å². The first-order valence-corrected chi connectivity index (χ1v) is 8.09. The second-order valence-electron chi connectivity index (χ2n) is 5.66. The van der Waals surface area contributed by atoms with Crippen LogP contribution in [0.15, 0.2) is 54.6 Å². The van der Waals surface area contributed by atoms with Crippen molar-refractivity contribution in [3.63, 3.8) is 0 Å². The molecule has 2 aromatic carbocycles. The highest BCUT2D eigenvalue weighted by Gasteiger charge is 2.33. The summed E-state index contributed by atoms with van der Waals surface area (Å²) < 4.78 is 38.9. The number of alkyl halides is 3. The minimum atomic E-state index is -4.59. The Labute approximate surface area is 149 Å². The predicted molar refractivity (Wildman–Crippen MR) is 92.2 cm³/mol. The Hall–Kier alpha value is -2.83. The van der Waals surface area contributed by atoms with E-state index in [2.05, 4.69) is 5.32 Å². The monoisotopic (exact) mass is 364 g/mol. The topological polar surface area (TPSA) is 49.4 Å². The molecule has 2 aromatic rings. The van der Waals surface area contributed by atoms with Gasteiger partial charge in [-0.25, -0.2) is 0 Å². The van der Waals surface area contributed by atoms with Crippen molar-refractivity contribution in [2.45, 2.75) is 26.1 Å². The van der Waals surface area contributed by atoms with Gasteiger partial charge in [-0.05, 0) is 24.6 Å². The third-order valence-electron chi connectivity index (χ3n) is 3.77. The number of amides is 2. The highest BCUT2D eigenvalue weighted by atomic mass is 19.4. The van der Waals surface area contributed by atoms with Gasteiger partial charge in [-0.2, -0.15) is 13.2 Å². The van der Waals surface area contributed by atoms with Gasteiger partial charge in [0.05, 0.1) is 11.3 Å². The average molecular weight is 364 g/mol. The summed E-state index contributed by atoms with van der Waals surface area (Å²) >= 11 is 0. The van der Waals surface area contributed by atoms with Gasteiger partial charge in [0.25, 0.3) is 0 Å². The first-order chi connectivity index (χ1) is 12.3. The van der Waals surface area contributed by atoms with Gasteiger partial charge >= 0.3 is 6.18 Å². The maximum Gasteiger partial charge on any atom is 0.418 e. The van der Waals surface area contributed by atoms with E-state index in [4.69, 9.17) is 0 Å². The second-order valence-corrected chi connectivity index (χ2v) is 5.66. The first kappa shape index (κ1) is 19.5. The highest BCUT2D eigenvalue weighted by molar-refractivity contribution is 6.03. The first-order valence-electron chi connectivity index (χ1n) is 8.09. The van der Waals surface area contributed by atoms with Gasteiger partial charge in [-0.15, -0.1) is 0 Å². The molecule has 0 aliphatic heterocycles. The molecule has 7 heteroatoms. The lowest BCUT2D eigenvalue weighted by atomic mass is 10.1. The smallest absolute Gasteiger partial charge is 0.338 e. The molecule has 2 rings (SSSR count). The van der Waals surface area contributed by atoms with E-state index in [1.54, 1.807) is 6.92 Å². The molecular formula is C19H19F3N2O2. The summed E-state index contributed by atoms with van der Waals surface area (Å²) in [6.07, 6.45) is -5.11. The number of benzene rings is 2. The molecule has 0 aliphatic rings. The molecule has 2 amide bonds. The Morgan fingerprint density at radius 1 is 1.00 bits per heavy atom. The van der Waals surface area contributed by atoms with Gasteiger partial charge in [0, 0.05) is 13.1 Å². The van der Waals surface area contributed by atoms with Gasteiger partial charge in [0.2, 0.25) is 11.8 Å². The molecule has 0 saturated carbocycles. The summed E-state index contributed by atoms with van der Waals surface area (Å²) in [6.45, 7) is 2.50. The van der Waals surface area contributed by atoms with Crippen LogP contribution in [0.3, 0.4) is 0 Å². The van der Waals surface area contributed by atoms with Crippen molar-refractivity contribution >= 4 is 17.5 Å². The minimum absolute atomic E-state index is 0.336. The average Bonchev–Trinajstić information content (AvgIpc) is 2.59. The van der Waals surface area contributed by atoms with Crippen molar-refractivity contribution < 1.29 is 22.8 Å². The summed E-state index contributed by atoms with van der Waals surface area (Å²) in [6, 6.07) is 13.9. The number of anilines is 1. The Morgan fingerprint density at radius 3 is 2.23 bits per heavy atom. The van der Waals surface area contributed by atoms with Gasteiger partial charge in [-0.1, -0.05) is 42.5 Å². The normalized spacial score (nSPS) is 11.1. The number of nitrogens with one attached hydrogen (secondary N) is 1. The van der Waals surface area contributed by atoms with Crippen LogP contribution in [0.4, 0.5) is 18.9 Å². The molecular weight excluding hydrogens is 345 g/mol. The molecule has 26 heavy (non-hydrogen) atoms. The van der Waals surface area contributed by atoms with E-state index in [-0.39, 0.29) is 5.69 Å². The van der Waals surface area contributed by atoms with E-state index in [1.165, 1.54) is 17.0 Å². The quantitative estimate of drug-likeness (QED) is 0.785. The molecule has 0 spiro atoms. The summed E-state index contributed by atoms with van der Waals surface area (Å²) in [5, 5.41) is 2.18. The maximum atomic E-state index is 13.0. The molecule has 1 N–H and O–H groups in total. The van der Waals surface area contributed by atoms with Crippen LogP contribution in [0.2, 0.25) is 0 Å². The maximum absolute atomic E-state index is 13.0. The fourth-order valence-electron chi connectivity index (χ4n) is 2.46. The zero-order valence-electron chi connectivity index (χ0n) is 14.2. The molecule has 138 valence electrons. The molecule has 0 aliphatic carbocycles. The standard InChI is InChI=1S/C19H19F3N2O2/c1-2-24(13-14-8-4-3-5-9-14)18(26)12-17(25)23-16-11-7-6-10-15(16)19(20,21)22/h3-11H,2,12-13H2,1H3,(H,23,25). The number of rotatable bonds is 6. The summed E-state index contributed by atoms with van der Waals surface area (Å²) in [5.41, 5.74) is -0.396. The van der Waals surface area contributed by atoms with E-state index < -0.39 is 30.0 Å². The van der Waals surface area contributed by atoms with Crippen molar-refractivity contribution in [3.05, 3.63) is 65.7 Å². The van der Waals surface area contributed by atoms with Crippen LogP contribution < -0.4 is 5.32 Å². The van der Waals surface area contributed by atoms with E-state index >= 15 is 0 Å². The summed E-state index contributed by atoms with van der Waals surface area (Å²) in [7, 11) is 0. The van der Waals surface area contributed by atoms with Crippen molar-refractivity contribution in [1.29, 1.82) is 0 Å². The lowest BCUT2D eigenvalue weighted by Gasteiger charge is -2.21. The number of para-hydroxylation sites is 1. The van der Waals surface area contributed by atoms with Crippen LogP contribution in [0.5, 0.6) is 0 Å². The van der Waals surface area contributed by atoms with Gasteiger partial charge < -0.3 is 10.2 Å².